The predicted octanol–water partition coefficient (Wildman–Crippen LogP) is 14.7. The summed E-state index contributed by atoms with van der Waals surface area (Å²) in [7, 11) is 0. The van der Waals surface area contributed by atoms with Crippen molar-refractivity contribution >= 4 is 55.8 Å². The van der Waals surface area contributed by atoms with Crippen LogP contribution < -0.4 is 14.3 Å². The van der Waals surface area contributed by atoms with Gasteiger partial charge in [-0.2, -0.15) is 0 Å². The summed E-state index contributed by atoms with van der Waals surface area (Å²) in [5, 5.41) is 0. The van der Waals surface area contributed by atoms with E-state index < -0.39 is 18.4 Å². The number of hydrogen-bond acceptors (Lipinski definition) is 4. The molecule has 0 spiro atoms. The van der Waals surface area contributed by atoms with Gasteiger partial charge in [-0.15, -0.1) is 0 Å². The Hall–Kier alpha value is -9.88. The summed E-state index contributed by atoms with van der Waals surface area (Å²) in [5.41, 5.74) is 10.1. The average Bonchev–Trinajstić information content (AvgIpc) is 2.98. The van der Waals surface area contributed by atoms with E-state index in [1.807, 2.05) is 315 Å². The number of carbonyl (C=O) groups excluding carboxylic acids is 4. The minimum atomic E-state index is -5.93. The van der Waals surface area contributed by atoms with Gasteiger partial charge in [-0.25, -0.2) is 0 Å². The number of carbonyl (C=O) groups is 4. The molecule has 0 radical (unpaired) electrons. The Morgan fingerprint density at radius 2 is 0.333 bits per heavy atom. The van der Waals surface area contributed by atoms with Crippen LogP contribution in [0, 0.1) is 0 Å². The molecule has 0 saturated heterocycles. The molecular weight excluding hydrogens is 1100 g/mol. The molecule has 81 heavy (non-hydrogen) atoms. The molecule has 0 aromatic heterocycles. The molecule has 0 aliphatic heterocycles. The molecule has 12 aromatic carbocycles. The van der Waals surface area contributed by atoms with Gasteiger partial charge in [0.2, 0.25) is 0 Å². The van der Waals surface area contributed by atoms with E-state index in [1.54, 1.807) is 0 Å². The molecule has 0 heterocycles. The van der Waals surface area contributed by atoms with Gasteiger partial charge in [0.15, 0.2) is 0 Å². The average molecular weight is 1150 g/mol. The van der Waals surface area contributed by atoms with Crippen LogP contribution in [-0.4, -0.2) is 41.5 Å². The van der Waals surface area contributed by atoms with E-state index >= 15 is 19.2 Å². The Bertz CT molecular complexity index is 3740. The molecule has 0 aliphatic carbocycles. The van der Waals surface area contributed by atoms with Gasteiger partial charge >= 0.3 is 479 Å². The quantitative estimate of drug-likeness (QED) is 0.0714. The van der Waals surface area contributed by atoms with Crippen LogP contribution in [0.1, 0.15) is 63.7 Å². The molecule has 4 nitrogen and oxygen atoms in total. The Kier molecular flexibility index (Phi) is 14.9. The van der Waals surface area contributed by atoms with Crippen molar-refractivity contribution in [1.29, 1.82) is 0 Å². The normalized spacial score (nSPS) is 11.2. The summed E-state index contributed by atoms with van der Waals surface area (Å²) >= 11 is -5.93. The van der Waals surface area contributed by atoms with Gasteiger partial charge in [-0.3, -0.25) is 0 Å². The summed E-state index contributed by atoms with van der Waals surface area (Å²) in [5.74, 6) is -0.941. The van der Waals surface area contributed by atoms with E-state index in [4.69, 9.17) is 0 Å². The van der Waals surface area contributed by atoms with E-state index in [0.717, 1.165) is 44.5 Å². The molecule has 12 rings (SSSR count). The van der Waals surface area contributed by atoms with Gasteiger partial charge in [-0.05, 0) is 0 Å². The Morgan fingerprint density at radius 1 is 0.173 bits per heavy atom. The third-order valence-corrected chi connectivity index (χ3v) is 29.5. The molecule has 0 bridgehead atoms. The molecule has 0 amide bonds. The Labute approximate surface area is 476 Å². The van der Waals surface area contributed by atoms with Crippen molar-refractivity contribution in [3.05, 3.63) is 360 Å². The van der Waals surface area contributed by atoms with Gasteiger partial charge in [0.25, 0.3) is 0 Å². The summed E-state index contributed by atoms with van der Waals surface area (Å²) in [4.78, 5) is 65.4. The van der Waals surface area contributed by atoms with Crippen LogP contribution in [0.2, 0.25) is 0 Å². The van der Waals surface area contributed by atoms with Crippen molar-refractivity contribution in [3.63, 3.8) is 0 Å². The fourth-order valence-electron chi connectivity index (χ4n) is 11.7. The van der Waals surface area contributed by atoms with Gasteiger partial charge in [0, 0.05) is 0 Å². The molecule has 0 fully saturated rings. The molecule has 0 unspecified atom stereocenters. The topological polar surface area (TPSA) is 68.3 Å². The third kappa shape index (κ3) is 9.81. The molecule has 5 heteroatoms. The van der Waals surface area contributed by atoms with E-state index in [9.17, 15) is 0 Å². The standard InChI is InChI=1S/4C19H13O.Sn/c4*20-19(16-11-5-2-6-12-16)18-14-8-7-13-17(18)15-9-3-1-4-10-15;/h4*1-11,13-14H;. The Balaban J connectivity index is 1.23. The van der Waals surface area contributed by atoms with Gasteiger partial charge in [0.05, 0.1) is 0 Å². The van der Waals surface area contributed by atoms with Crippen LogP contribution in [0.5, 0.6) is 0 Å². The van der Waals surface area contributed by atoms with E-state index in [2.05, 4.69) is 0 Å². The fourth-order valence-corrected chi connectivity index (χ4v) is 27.5. The van der Waals surface area contributed by atoms with E-state index in [1.165, 1.54) is 0 Å². The zero-order chi connectivity index (χ0) is 55.1. The zero-order valence-electron chi connectivity index (χ0n) is 44.2. The Morgan fingerprint density at radius 3 is 0.543 bits per heavy atom. The summed E-state index contributed by atoms with van der Waals surface area (Å²) in [6.45, 7) is 0. The predicted molar refractivity (Wildman–Crippen MR) is 331 cm³/mol. The first-order valence-corrected chi connectivity index (χ1v) is 32.8. The number of rotatable bonds is 16. The summed E-state index contributed by atoms with van der Waals surface area (Å²) < 4.78 is 2.68. The SMILES string of the molecule is O=C(c1ccccc1-c1ccccc1)c1cccc[c]1[Sn]([c]1ccccc1C(=O)c1ccccc1-c1ccccc1)([c]1ccccc1C(=O)c1ccccc1-c1ccccc1)[c]1ccccc1C(=O)c1ccccc1-c1ccccc1. The molecule has 12 aromatic rings. The molecular formula is C76H52O4Sn. The van der Waals surface area contributed by atoms with Gasteiger partial charge < -0.3 is 0 Å². The number of ketones is 4. The fraction of sp³-hybridized carbons (Fsp3) is 0. The van der Waals surface area contributed by atoms with E-state index in [-0.39, 0.29) is 23.1 Å². The second-order valence-electron chi connectivity index (χ2n) is 19.9. The number of benzene rings is 12. The van der Waals surface area contributed by atoms with Crippen molar-refractivity contribution in [3.8, 4) is 44.5 Å². The van der Waals surface area contributed by atoms with Crippen molar-refractivity contribution < 1.29 is 19.2 Å². The summed E-state index contributed by atoms with van der Waals surface area (Å²) in [6, 6.07) is 101. The van der Waals surface area contributed by atoms with Crippen molar-refractivity contribution in [2.45, 2.75) is 0 Å². The second-order valence-corrected chi connectivity index (χ2v) is 30.3. The summed E-state index contributed by atoms with van der Waals surface area (Å²) in [6.07, 6.45) is 0. The zero-order valence-corrected chi connectivity index (χ0v) is 47.0. The van der Waals surface area contributed by atoms with Crippen LogP contribution >= 0.6 is 0 Å². The first kappa shape index (κ1) is 51.9. The molecule has 0 aliphatic rings. The van der Waals surface area contributed by atoms with Crippen LogP contribution in [0.15, 0.2) is 315 Å². The maximum atomic E-state index is 16.4. The molecule has 0 N–H and O–H groups in total. The number of hydrogen-bond donors (Lipinski definition) is 0. The van der Waals surface area contributed by atoms with Gasteiger partial charge in [-0.1, -0.05) is 0 Å². The van der Waals surface area contributed by atoms with Gasteiger partial charge in [0.1, 0.15) is 0 Å². The van der Waals surface area contributed by atoms with Crippen LogP contribution in [0.3, 0.4) is 0 Å². The van der Waals surface area contributed by atoms with Crippen molar-refractivity contribution in [1.82, 2.24) is 0 Å². The van der Waals surface area contributed by atoms with E-state index in [0.29, 0.717) is 58.8 Å². The molecule has 384 valence electrons. The van der Waals surface area contributed by atoms with Crippen LogP contribution in [-0.2, 0) is 0 Å². The van der Waals surface area contributed by atoms with Crippen molar-refractivity contribution in [2.24, 2.45) is 0 Å². The third-order valence-electron chi connectivity index (χ3n) is 15.3. The molecule has 0 saturated carbocycles. The second kappa shape index (κ2) is 23.2. The molecule has 0 atom stereocenters. The van der Waals surface area contributed by atoms with Crippen LogP contribution in [0.4, 0.5) is 0 Å². The first-order valence-electron chi connectivity index (χ1n) is 27.1. The van der Waals surface area contributed by atoms with Crippen molar-refractivity contribution in [2.75, 3.05) is 0 Å². The van der Waals surface area contributed by atoms with Crippen LogP contribution in [0.25, 0.3) is 44.5 Å². The minimum absolute atomic E-state index is 0.235. The monoisotopic (exact) mass is 1150 g/mol. The first-order chi connectivity index (χ1) is 39.9. The maximum absolute atomic E-state index is 16.4.